The fraction of sp³-hybridized carbons (Fsp3) is 0.455. The number of hydrogen-bond donors (Lipinski definition) is 1. The van der Waals surface area contributed by atoms with Crippen molar-refractivity contribution in [3.05, 3.63) is 24.3 Å². The van der Waals surface area contributed by atoms with Gasteiger partial charge in [-0.1, -0.05) is 18.2 Å². The lowest BCUT2D eigenvalue weighted by Gasteiger charge is -2.03. The number of aliphatic hydroxyl groups excluding tert-OH is 1. The molecule has 0 aromatic carbocycles. The summed E-state index contributed by atoms with van der Waals surface area (Å²) in [4.78, 5) is 20.6. The van der Waals surface area contributed by atoms with E-state index in [-0.39, 0.29) is 5.97 Å². The third-order valence-electron chi connectivity index (χ3n) is 1.74. The number of aliphatic hydroxyl groups is 1. The van der Waals surface area contributed by atoms with Crippen molar-refractivity contribution in [1.29, 1.82) is 0 Å². The maximum absolute atomic E-state index is 10.7. The minimum atomic E-state index is -0.592. The van der Waals surface area contributed by atoms with E-state index in [0.29, 0.717) is 25.5 Å². The molecule has 0 amide bonds. The molecule has 1 N–H and O–H groups in total. The molecule has 0 aromatic heterocycles. The molecule has 15 heavy (non-hydrogen) atoms. The Kier molecular flexibility index (Phi) is 8.28. The Morgan fingerprint density at radius 1 is 1.40 bits per heavy atom. The summed E-state index contributed by atoms with van der Waals surface area (Å²) in [5, 5.41) is 9.37. The van der Waals surface area contributed by atoms with E-state index in [1.807, 2.05) is 0 Å². The molecule has 0 aliphatic carbocycles. The molecule has 0 heterocycles. The average molecular weight is 212 g/mol. The van der Waals surface area contributed by atoms with Crippen molar-refractivity contribution < 1.29 is 19.4 Å². The Morgan fingerprint density at radius 2 is 2.13 bits per heavy atom. The van der Waals surface area contributed by atoms with Crippen molar-refractivity contribution in [2.75, 3.05) is 7.11 Å². The Bertz CT molecular complexity index is 243. The van der Waals surface area contributed by atoms with E-state index in [4.69, 9.17) is 0 Å². The Morgan fingerprint density at radius 3 is 2.73 bits per heavy atom. The Hall–Kier alpha value is -1.42. The van der Waals surface area contributed by atoms with Gasteiger partial charge in [0, 0.05) is 6.42 Å². The third kappa shape index (κ3) is 8.90. The van der Waals surface area contributed by atoms with E-state index in [0.717, 1.165) is 0 Å². The van der Waals surface area contributed by atoms with Gasteiger partial charge in [-0.2, -0.15) is 0 Å². The van der Waals surface area contributed by atoms with E-state index in [1.165, 1.54) is 19.3 Å². The van der Waals surface area contributed by atoms with Crippen LogP contribution in [0, 0.1) is 0 Å². The van der Waals surface area contributed by atoms with Crippen LogP contribution in [0.1, 0.15) is 19.3 Å². The van der Waals surface area contributed by atoms with Crippen molar-refractivity contribution in [1.82, 2.24) is 0 Å². The van der Waals surface area contributed by atoms with Crippen LogP contribution in [-0.2, 0) is 14.3 Å². The minimum absolute atomic E-state index is 0.271. The number of carbonyl (C=O) groups is 2. The Labute approximate surface area is 89.2 Å². The second-order valence-electron chi connectivity index (χ2n) is 2.94. The smallest absolute Gasteiger partial charge is 0.305 e. The molecular formula is C11H16O4. The highest BCUT2D eigenvalue weighted by molar-refractivity contribution is 5.69. The van der Waals surface area contributed by atoms with Crippen LogP contribution in [0.25, 0.3) is 0 Å². The zero-order valence-electron chi connectivity index (χ0n) is 8.76. The molecule has 0 fully saturated rings. The predicted molar refractivity (Wildman–Crippen MR) is 56.2 cm³/mol. The summed E-state index contributed by atoms with van der Waals surface area (Å²) in [6, 6.07) is 0. The van der Waals surface area contributed by atoms with Gasteiger partial charge >= 0.3 is 5.97 Å². The van der Waals surface area contributed by atoms with Gasteiger partial charge in [-0.25, -0.2) is 0 Å². The second kappa shape index (κ2) is 9.15. The molecule has 0 rings (SSSR count). The van der Waals surface area contributed by atoms with Crippen LogP contribution in [0.15, 0.2) is 24.3 Å². The lowest BCUT2D eigenvalue weighted by atomic mass is 10.1. The first-order valence-electron chi connectivity index (χ1n) is 4.74. The number of aldehydes is 1. The standard InChI is InChI=1S/C11H16O4/c1-15-11(14)8-5-7-10(13)6-3-2-4-9-12/h2-4,6,9-10,13H,5,7-8H2,1H3/b4-2+,6-3+. The topological polar surface area (TPSA) is 63.6 Å². The number of ether oxygens (including phenoxy) is 1. The van der Waals surface area contributed by atoms with Crippen LogP contribution >= 0.6 is 0 Å². The summed E-state index contributed by atoms with van der Waals surface area (Å²) in [6.07, 6.45) is 7.49. The van der Waals surface area contributed by atoms with Gasteiger partial charge in [0.1, 0.15) is 6.29 Å². The van der Waals surface area contributed by atoms with Crippen molar-refractivity contribution in [2.45, 2.75) is 25.4 Å². The molecule has 0 bridgehead atoms. The number of methoxy groups -OCH3 is 1. The molecule has 0 aliphatic rings. The van der Waals surface area contributed by atoms with E-state index in [9.17, 15) is 14.7 Å². The third-order valence-corrected chi connectivity index (χ3v) is 1.74. The summed E-state index contributed by atoms with van der Waals surface area (Å²) < 4.78 is 4.46. The van der Waals surface area contributed by atoms with Gasteiger partial charge in [0.25, 0.3) is 0 Å². The monoisotopic (exact) mass is 212 g/mol. The zero-order chi connectivity index (χ0) is 11.5. The van der Waals surface area contributed by atoms with Crippen LogP contribution in [0.5, 0.6) is 0 Å². The molecule has 0 saturated carbocycles. The number of esters is 1. The van der Waals surface area contributed by atoms with Crippen molar-refractivity contribution in [3.63, 3.8) is 0 Å². The lowest BCUT2D eigenvalue weighted by molar-refractivity contribution is -0.140. The SMILES string of the molecule is COC(=O)CCCC(O)/C=C/C=C/C=O. The molecule has 0 radical (unpaired) electrons. The number of hydrogen-bond acceptors (Lipinski definition) is 4. The summed E-state index contributed by atoms with van der Waals surface area (Å²) in [7, 11) is 1.34. The van der Waals surface area contributed by atoms with Crippen LogP contribution in [0.2, 0.25) is 0 Å². The molecule has 0 spiro atoms. The quantitative estimate of drug-likeness (QED) is 0.296. The second-order valence-corrected chi connectivity index (χ2v) is 2.94. The summed E-state index contributed by atoms with van der Waals surface area (Å²) in [5.41, 5.74) is 0. The molecule has 0 aromatic rings. The van der Waals surface area contributed by atoms with Crippen LogP contribution < -0.4 is 0 Å². The van der Waals surface area contributed by atoms with Gasteiger partial charge in [0.05, 0.1) is 13.2 Å². The van der Waals surface area contributed by atoms with Gasteiger partial charge in [-0.05, 0) is 18.9 Å². The molecular weight excluding hydrogens is 196 g/mol. The highest BCUT2D eigenvalue weighted by Gasteiger charge is 2.02. The average Bonchev–Trinajstić information content (AvgIpc) is 2.24. The number of allylic oxidation sites excluding steroid dienone is 3. The van der Waals surface area contributed by atoms with Gasteiger partial charge in [-0.3, -0.25) is 9.59 Å². The molecule has 4 heteroatoms. The summed E-state index contributed by atoms with van der Waals surface area (Å²) in [5.74, 6) is -0.271. The molecule has 1 unspecified atom stereocenters. The minimum Gasteiger partial charge on any atom is -0.469 e. The molecule has 0 aliphatic heterocycles. The number of carbonyl (C=O) groups excluding carboxylic acids is 2. The van der Waals surface area contributed by atoms with E-state index in [1.54, 1.807) is 12.2 Å². The maximum atomic E-state index is 10.7. The molecule has 1 atom stereocenters. The van der Waals surface area contributed by atoms with Crippen molar-refractivity contribution in [3.8, 4) is 0 Å². The molecule has 0 saturated heterocycles. The highest BCUT2D eigenvalue weighted by Crippen LogP contribution is 2.03. The van der Waals surface area contributed by atoms with Crippen LogP contribution in [0.4, 0.5) is 0 Å². The molecule has 84 valence electrons. The first kappa shape index (κ1) is 13.6. The van der Waals surface area contributed by atoms with Crippen molar-refractivity contribution >= 4 is 12.3 Å². The van der Waals surface area contributed by atoms with Gasteiger partial charge in [0.15, 0.2) is 0 Å². The van der Waals surface area contributed by atoms with Gasteiger partial charge < -0.3 is 9.84 Å². The lowest BCUT2D eigenvalue weighted by Crippen LogP contribution is -2.05. The van der Waals surface area contributed by atoms with E-state index < -0.39 is 6.10 Å². The summed E-state index contributed by atoms with van der Waals surface area (Å²) in [6.45, 7) is 0. The molecule has 4 nitrogen and oxygen atoms in total. The zero-order valence-corrected chi connectivity index (χ0v) is 8.76. The normalized spacial score (nSPS) is 13.2. The van der Waals surface area contributed by atoms with Gasteiger partial charge in [-0.15, -0.1) is 0 Å². The fourth-order valence-corrected chi connectivity index (χ4v) is 0.956. The van der Waals surface area contributed by atoms with E-state index in [2.05, 4.69) is 4.74 Å². The highest BCUT2D eigenvalue weighted by atomic mass is 16.5. The van der Waals surface area contributed by atoms with Crippen LogP contribution in [-0.4, -0.2) is 30.6 Å². The van der Waals surface area contributed by atoms with E-state index >= 15 is 0 Å². The first-order valence-corrected chi connectivity index (χ1v) is 4.74. The maximum Gasteiger partial charge on any atom is 0.305 e. The number of rotatable bonds is 7. The first-order chi connectivity index (χ1) is 7.20. The van der Waals surface area contributed by atoms with Crippen molar-refractivity contribution in [2.24, 2.45) is 0 Å². The summed E-state index contributed by atoms with van der Waals surface area (Å²) >= 11 is 0. The van der Waals surface area contributed by atoms with Crippen LogP contribution in [0.3, 0.4) is 0 Å². The fourth-order valence-electron chi connectivity index (χ4n) is 0.956. The Balaban J connectivity index is 3.60. The van der Waals surface area contributed by atoms with Gasteiger partial charge in [0.2, 0.25) is 0 Å². The largest absolute Gasteiger partial charge is 0.469 e. The predicted octanol–water partition coefficient (Wildman–Crippen LogP) is 1.00.